The molecule has 4 rings (SSSR count). The molecule has 1 aliphatic carbocycles. The number of morpholine rings is 1. The molecule has 140 valence electrons. The SMILES string of the molecule is Cc1cc(CNC(=O)[C@H]2OCC(=O)N(C3CC3)[C@@H]2c2cccnc2)ccn1. The number of hydrogen-bond acceptors (Lipinski definition) is 5. The van der Waals surface area contributed by atoms with E-state index in [9.17, 15) is 9.59 Å². The number of rotatable bonds is 5. The molecule has 0 unspecified atom stereocenters. The van der Waals surface area contributed by atoms with Crippen molar-refractivity contribution in [2.75, 3.05) is 6.61 Å². The molecule has 0 spiro atoms. The third-order valence-corrected chi connectivity index (χ3v) is 4.91. The van der Waals surface area contributed by atoms with Crippen LogP contribution in [0.15, 0.2) is 42.9 Å². The summed E-state index contributed by atoms with van der Waals surface area (Å²) in [6.45, 7) is 2.23. The van der Waals surface area contributed by atoms with Crippen molar-refractivity contribution in [1.29, 1.82) is 0 Å². The van der Waals surface area contributed by atoms with Gasteiger partial charge in [0, 0.05) is 36.9 Å². The van der Waals surface area contributed by atoms with Crippen LogP contribution < -0.4 is 5.32 Å². The van der Waals surface area contributed by atoms with E-state index in [0.717, 1.165) is 29.7 Å². The Kier molecular flexibility index (Phi) is 4.85. The normalized spacial score (nSPS) is 22.6. The molecule has 0 aromatic carbocycles. The second kappa shape index (κ2) is 7.44. The Balaban J connectivity index is 1.55. The van der Waals surface area contributed by atoms with E-state index < -0.39 is 12.1 Å². The molecule has 27 heavy (non-hydrogen) atoms. The zero-order chi connectivity index (χ0) is 18.8. The molecular formula is C20H22N4O3. The summed E-state index contributed by atoms with van der Waals surface area (Å²) in [7, 11) is 0. The monoisotopic (exact) mass is 366 g/mol. The molecule has 1 aliphatic heterocycles. The predicted octanol–water partition coefficient (Wildman–Crippen LogP) is 1.53. The van der Waals surface area contributed by atoms with Crippen molar-refractivity contribution in [3.8, 4) is 0 Å². The van der Waals surface area contributed by atoms with Gasteiger partial charge in [0.15, 0.2) is 6.10 Å². The summed E-state index contributed by atoms with van der Waals surface area (Å²) in [4.78, 5) is 35.6. The Hall–Kier alpha value is -2.80. The molecule has 2 fully saturated rings. The lowest BCUT2D eigenvalue weighted by atomic mass is 9.98. The van der Waals surface area contributed by atoms with Crippen LogP contribution in [0.5, 0.6) is 0 Å². The lowest BCUT2D eigenvalue weighted by Gasteiger charge is -2.40. The predicted molar refractivity (Wildman–Crippen MR) is 97.4 cm³/mol. The number of pyridine rings is 2. The first-order valence-corrected chi connectivity index (χ1v) is 9.15. The summed E-state index contributed by atoms with van der Waals surface area (Å²) in [5.74, 6) is -0.295. The second-order valence-corrected chi connectivity index (χ2v) is 7.02. The Labute approximate surface area is 157 Å². The molecule has 7 nitrogen and oxygen atoms in total. The van der Waals surface area contributed by atoms with Crippen LogP contribution in [0.2, 0.25) is 0 Å². The largest absolute Gasteiger partial charge is 0.356 e. The molecule has 2 aromatic heterocycles. The van der Waals surface area contributed by atoms with Gasteiger partial charge < -0.3 is 15.0 Å². The molecule has 1 saturated heterocycles. The number of carbonyl (C=O) groups is 2. The number of ether oxygens (including phenoxy) is 1. The molecule has 3 heterocycles. The molecule has 7 heteroatoms. The molecule has 0 radical (unpaired) electrons. The topological polar surface area (TPSA) is 84.4 Å². The van der Waals surface area contributed by atoms with Crippen LogP contribution in [0.4, 0.5) is 0 Å². The molecule has 1 N–H and O–H groups in total. The quantitative estimate of drug-likeness (QED) is 0.868. The highest BCUT2D eigenvalue weighted by Gasteiger charge is 2.47. The van der Waals surface area contributed by atoms with Crippen molar-refractivity contribution in [3.63, 3.8) is 0 Å². The van der Waals surface area contributed by atoms with Gasteiger partial charge in [0.2, 0.25) is 5.91 Å². The summed E-state index contributed by atoms with van der Waals surface area (Å²) in [6.07, 6.45) is 6.28. The van der Waals surface area contributed by atoms with Gasteiger partial charge in [-0.1, -0.05) is 6.07 Å². The highest BCUT2D eigenvalue weighted by molar-refractivity contribution is 5.86. The smallest absolute Gasteiger partial charge is 0.251 e. The van der Waals surface area contributed by atoms with Crippen molar-refractivity contribution >= 4 is 11.8 Å². The van der Waals surface area contributed by atoms with Crippen LogP contribution in [-0.2, 0) is 20.9 Å². The zero-order valence-corrected chi connectivity index (χ0v) is 15.2. The van der Waals surface area contributed by atoms with Crippen LogP contribution in [0.1, 0.15) is 35.7 Å². The molecular weight excluding hydrogens is 344 g/mol. The van der Waals surface area contributed by atoms with Gasteiger partial charge in [-0.05, 0) is 49.1 Å². The Morgan fingerprint density at radius 1 is 1.33 bits per heavy atom. The summed E-state index contributed by atoms with van der Waals surface area (Å²) < 4.78 is 5.70. The minimum absolute atomic E-state index is 0.0693. The van der Waals surface area contributed by atoms with Gasteiger partial charge in [-0.3, -0.25) is 19.6 Å². The lowest BCUT2D eigenvalue weighted by molar-refractivity contribution is -0.165. The number of carbonyl (C=O) groups excluding carboxylic acids is 2. The van der Waals surface area contributed by atoms with Gasteiger partial charge in [-0.2, -0.15) is 0 Å². The first kappa shape index (κ1) is 17.6. The van der Waals surface area contributed by atoms with E-state index in [2.05, 4.69) is 15.3 Å². The Morgan fingerprint density at radius 3 is 2.89 bits per heavy atom. The second-order valence-electron chi connectivity index (χ2n) is 7.02. The van der Waals surface area contributed by atoms with Crippen molar-refractivity contribution in [1.82, 2.24) is 20.2 Å². The summed E-state index contributed by atoms with van der Waals surface area (Å²) >= 11 is 0. The first-order chi connectivity index (χ1) is 13.1. The molecule has 1 saturated carbocycles. The number of nitrogens with one attached hydrogen (secondary N) is 1. The van der Waals surface area contributed by atoms with Gasteiger partial charge >= 0.3 is 0 Å². The fraction of sp³-hybridized carbons (Fsp3) is 0.400. The minimum Gasteiger partial charge on any atom is -0.356 e. The number of aromatic nitrogens is 2. The van der Waals surface area contributed by atoms with Crippen LogP contribution >= 0.6 is 0 Å². The van der Waals surface area contributed by atoms with E-state index in [0.29, 0.717) is 6.54 Å². The van der Waals surface area contributed by atoms with E-state index in [1.807, 2.05) is 36.1 Å². The molecule has 2 atom stereocenters. The maximum absolute atomic E-state index is 12.9. The fourth-order valence-electron chi connectivity index (χ4n) is 3.52. The van der Waals surface area contributed by atoms with Crippen LogP contribution in [0.25, 0.3) is 0 Å². The molecule has 2 aromatic rings. The van der Waals surface area contributed by atoms with Crippen molar-refractivity contribution in [2.45, 2.75) is 44.5 Å². The highest BCUT2D eigenvalue weighted by atomic mass is 16.5. The van der Waals surface area contributed by atoms with Gasteiger partial charge in [-0.15, -0.1) is 0 Å². The van der Waals surface area contributed by atoms with Gasteiger partial charge in [0.25, 0.3) is 5.91 Å². The zero-order valence-electron chi connectivity index (χ0n) is 15.2. The van der Waals surface area contributed by atoms with Crippen molar-refractivity contribution < 1.29 is 14.3 Å². The Bertz CT molecular complexity index is 838. The number of nitrogens with zero attached hydrogens (tertiary/aromatic N) is 3. The third-order valence-electron chi connectivity index (χ3n) is 4.91. The molecule has 0 bridgehead atoms. The lowest BCUT2D eigenvalue weighted by Crippen LogP contribution is -2.55. The summed E-state index contributed by atoms with van der Waals surface area (Å²) in [5.41, 5.74) is 2.69. The number of aryl methyl sites for hydroxylation is 1. The van der Waals surface area contributed by atoms with E-state index in [-0.39, 0.29) is 24.5 Å². The van der Waals surface area contributed by atoms with Crippen LogP contribution in [-0.4, -0.2) is 45.4 Å². The van der Waals surface area contributed by atoms with E-state index in [1.54, 1.807) is 18.6 Å². The highest BCUT2D eigenvalue weighted by Crippen LogP contribution is 2.39. The maximum Gasteiger partial charge on any atom is 0.251 e. The van der Waals surface area contributed by atoms with Gasteiger partial charge in [0.05, 0.1) is 6.04 Å². The third kappa shape index (κ3) is 3.83. The average Bonchev–Trinajstić information content (AvgIpc) is 3.51. The molecule has 2 aliphatic rings. The standard InChI is InChI=1S/C20H22N4O3/c1-13-9-14(6-8-22-13)10-23-20(26)19-18(15-3-2-7-21-11-15)24(16-4-5-16)17(25)12-27-19/h2-3,6-9,11,16,18-19H,4-5,10,12H2,1H3,(H,23,26)/t18-,19+/m1/s1. The van der Waals surface area contributed by atoms with Gasteiger partial charge in [0.1, 0.15) is 6.61 Å². The van der Waals surface area contributed by atoms with Crippen molar-refractivity contribution in [3.05, 3.63) is 59.7 Å². The fourth-order valence-corrected chi connectivity index (χ4v) is 3.52. The number of amides is 2. The van der Waals surface area contributed by atoms with E-state index in [1.165, 1.54) is 0 Å². The van der Waals surface area contributed by atoms with E-state index >= 15 is 0 Å². The summed E-state index contributed by atoms with van der Waals surface area (Å²) in [5, 5.41) is 2.94. The summed E-state index contributed by atoms with van der Waals surface area (Å²) in [6, 6.07) is 7.24. The first-order valence-electron chi connectivity index (χ1n) is 9.15. The van der Waals surface area contributed by atoms with E-state index in [4.69, 9.17) is 4.74 Å². The number of hydrogen-bond donors (Lipinski definition) is 1. The molecule has 2 amide bonds. The Morgan fingerprint density at radius 2 is 2.19 bits per heavy atom. The van der Waals surface area contributed by atoms with Gasteiger partial charge in [-0.25, -0.2) is 0 Å². The average molecular weight is 366 g/mol. The minimum atomic E-state index is -0.754. The maximum atomic E-state index is 12.9. The van der Waals surface area contributed by atoms with Crippen molar-refractivity contribution in [2.24, 2.45) is 0 Å². The van der Waals surface area contributed by atoms with Crippen LogP contribution in [0.3, 0.4) is 0 Å². The van der Waals surface area contributed by atoms with Crippen LogP contribution in [0, 0.1) is 6.92 Å².